The van der Waals surface area contributed by atoms with Gasteiger partial charge >= 0.3 is 0 Å². The highest BCUT2D eigenvalue weighted by atomic mass is 16.1. The topological polar surface area (TPSA) is 29.1 Å². The fraction of sp³-hybridized carbons (Fsp3) is 0.333. The van der Waals surface area contributed by atoms with E-state index < -0.39 is 0 Å². The molecule has 0 aliphatic rings. The van der Waals surface area contributed by atoms with Crippen molar-refractivity contribution in [1.82, 2.24) is 5.32 Å². The molecule has 0 saturated carbocycles. The molecule has 0 atom stereocenters. The summed E-state index contributed by atoms with van der Waals surface area (Å²) in [5.41, 5.74) is 1.36. The summed E-state index contributed by atoms with van der Waals surface area (Å²) < 4.78 is 0. The number of hydrogen-bond acceptors (Lipinski definition) is 1. The Morgan fingerprint density at radius 1 is 1.21 bits per heavy atom. The Balaban J connectivity index is 2.08. The number of carbonyl (C=O) groups is 1. The predicted molar refractivity (Wildman–Crippen MR) is 57.7 cm³/mol. The Labute approximate surface area is 85.3 Å². The Hall–Kier alpha value is -1.31. The van der Waals surface area contributed by atoms with Crippen LogP contribution in [0.25, 0.3) is 0 Å². The first kappa shape index (κ1) is 10.8. The molecule has 0 saturated heterocycles. The highest BCUT2D eigenvalue weighted by Crippen LogP contribution is 2.03. The van der Waals surface area contributed by atoms with Gasteiger partial charge in [0.15, 0.2) is 0 Å². The first-order chi connectivity index (χ1) is 6.79. The van der Waals surface area contributed by atoms with E-state index in [1.807, 2.05) is 18.2 Å². The molecule has 14 heavy (non-hydrogen) atoms. The maximum Gasteiger partial charge on any atom is 0.220 e. The monoisotopic (exact) mass is 190 g/mol. The molecule has 0 unspecified atom stereocenters. The standard InChI is InChI=1S/C12H16NO/c1-11(14)13-10-6-5-9-12-7-3-2-4-8-12/h2-4,7-8H,1,5-6,9-10H2,(H,13,14). The van der Waals surface area contributed by atoms with Gasteiger partial charge in [-0.05, 0) is 24.8 Å². The molecule has 2 heteroatoms. The lowest BCUT2D eigenvalue weighted by molar-refractivity contribution is -0.116. The second-order valence-corrected chi connectivity index (χ2v) is 3.29. The SMILES string of the molecule is [CH2]C(=O)NCCCCc1ccccc1. The van der Waals surface area contributed by atoms with Crippen molar-refractivity contribution >= 4 is 5.91 Å². The molecular formula is C12H16NO. The van der Waals surface area contributed by atoms with Crippen LogP contribution in [0, 0.1) is 6.92 Å². The third-order valence-electron chi connectivity index (χ3n) is 2.06. The molecule has 0 spiro atoms. The molecule has 0 heterocycles. The summed E-state index contributed by atoms with van der Waals surface area (Å²) in [5, 5.41) is 2.68. The molecule has 1 amide bonds. The molecular weight excluding hydrogens is 174 g/mol. The number of rotatable bonds is 5. The molecule has 2 nitrogen and oxygen atoms in total. The summed E-state index contributed by atoms with van der Waals surface area (Å²) in [7, 11) is 0. The van der Waals surface area contributed by atoms with Crippen molar-refractivity contribution < 1.29 is 4.79 Å². The van der Waals surface area contributed by atoms with E-state index in [2.05, 4.69) is 24.4 Å². The summed E-state index contributed by atoms with van der Waals surface area (Å²) in [6, 6.07) is 10.4. The first-order valence-corrected chi connectivity index (χ1v) is 4.93. The number of carbonyl (C=O) groups excluding carboxylic acids is 1. The number of benzene rings is 1. The van der Waals surface area contributed by atoms with Crippen LogP contribution in [0.3, 0.4) is 0 Å². The molecule has 1 N–H and O–H groups in total. The van der Waals surface area contributed by atoms with Crippen LogP contribution in [0.1, 0.15) is 18.4 Å². The van der Waals surface area contributed by atoms with Crippen LogP contribution in [0.5, 0.6) is 0 Å². The van der Waals surface area contributed by atoms with Crippen molar-refractivity contribution in [1.29, 1.82) is 0 Å². The fourth-order valence-corrected chi connectivity index (χ4v) is 1.33. The smallest absolute Gasteiger partial charge is 0.220 e. The zero-order valence-electron chi connectivity index (χ0n) is 8.33. The zero-order valence-corrected chi connectivity index (χ0v) is 8.33. The van der Waals surface area contributed by atoms with Gasteiger partial charge < -0.3 is 5.32 Å². The summed E-state index contributed by atoms with van der Waals surface area (Å²) in [6.45, 7) is 3.98. The number of unbranched alkanes of at least 4 members (excludes halogenated alkanes) is 1. The second kappa shape index (κ2) is 6.19. The van der Waals surface area contributed by atoms with Gasteiger partial charge in [-0.1, -0.05) is 30.3 Å². The van der Waals surface area contributed by atoms with Gasteiger partial charge in [-0.2, -0.15) is 0 Å². The number of hydrogen-bond donors (Lipinski definition) is 1. The van der Waals surface area contributed by atoms with Crippen LogP contribution in [0.4, 0.5) is 0 Å². The molecule has 0 bridgehead atoms. The molecule has 0 fully saturated rings. The van der Waals surface area contributed by atoms with Crippen molar-refractivity contribution in [2.45, 2.75) is 19.3 Å². The minimum atomic E-state index is -0.190. The summed E-state index contributed by atoms with van der Waals surface area (Å²) in [4.78, 5) is 10.5. The predicted octanol–water partition coefficient (Wildman–Crippen LogP) is 1.96. The van der Waals surface area contributed by atoms with Crippen LogP contribution >= 0.6 is 0 Å². The van der Waals surface area contributed by atoms with Gasteiger partial charge in [0.1, 0.15) is 0 Å². The largest absolute Gasteiger partial charge is 0.356 e. The maximum absolute atomic E-state index is 10.5. The summed E-state index contributed by atoms with van der Waals surface area (Å²) in [5.74, 6) is -0.190. The van der Waals surface area contributed by atoms with E-state index in [4.69, 9.17) is 0 Å². The molecule has 1 aromatic carbocycles. The van der Waals surface area contributed by atoms with Crippen molar-refractivity contribution in [2.75, 3.05) is 6.54 Å². The van der Waals surface area contributed by atoms with Gasteiger partial charge in [0.2, 0.25) is 5.91 Å². The van der Waals surface area contributed by atoms with Crippen molar-refractivity contribution in [3.63, 3.8) is 0 Å². The summed E-state index contributed by atoms with van der Waals surface area (Å²) in [6.07, 6.45) is 3.19. The van der Waals surface area contributed by atoms with Crippen molar-refractivity contribution in [3.05, 3.63) is 42.8 Å². The van der Waals surface area contributed by atoms with Crippen LogP contribution < -0.4 is 5.32 Å². The van der Waals surface area contributed by atoms with Crippen molar-refractivity contribution in [2.24, 2.45) is 0 Å². The molecule has 1 rings (SSSR count). The maximum atomic E-state index is 10.5. The second-order valence-electron chi connectivity index (χ2n) is 3.29. The molecule has 75 valence electrons. The number of nitrogens with one attached hydrogen (secondary N) is 1. The van der Waals surface area contributed by atoms with E-state index in [9.17, 15) is 4.79 Å². The lowest BCUT2D eigenvalue weighted by atomic mass is 10.1. The van der Waals surface area contributed by atoms with E-state index in [0.717, 1.165) is 25.8 Å². The number of aryl methyl sites for hydroxylation is 1. The van der Waals surface area contributed by atoms with E-state index in [0.29, 0.717) is 0 Å². The minimum absolute atomic E-state index is 0.190. The molecule has 1 aromatic rings. The molecule has 0 aliphatic carbocycles. The van der Waals surface area contributed by atoms with Gasteiger partial charge in [0.25, 0.3) is 0 Å². The summed E-state index contributed by atoms with van der Waals surface area (Å²) >= 11 is 0. The fourth-order valence-electron chi connectivity index (χ4n) is 1.33. The van der Waals surface area contributed by atoms with Crippen LogP contribution in [-0.2, 0) is 11.2 Å². The van der Waals surface area contributed by atoms with E-state index in [1.165, 1.54) is 5.56 Å². The third kappa shape index (κ3) is 4.65. The van der Waals surface area contributed by atoms with Gasteiger partial charge in [-0.3, -0.25) is 4.79 Å². The van der Waals surface area contributed by atoms with E-state index in [1.54, 1.807) is 0 Å². The lowest BCUT2D eigenvalue weighted by Gasteiger charge is -2.02. The van der Waals surface area contributed by atoms with Gasteiger partial charge in [0, 0.05) is 13.5 Å². The highest BCUT2D eigenvalue weighted by molar-refractivity contribution is 5.79. The van der Waals surface area contributed by atoms with Gasteiger partial charge in [-0.15, -0.1) is 0 Å². The average molecular weight is 190 g/mol. The zero-order chi connectivity index (χ0) is 10.2. The quantitative estimate of drug-likeness (QED) is 0.706. The average Bonchev–Trinajstić information content (AvgIpc) is 2.18. The van der Waals surface area contributed by atoms with Gasteiger partial charge in [-0.25, -0.2) is 0 Å². The van der Waals surface area contributed by atoms with Crippen LogP contribution in [0.15, 0.2) is 30.3 Å². The Morgan fingerprint density at radius 3 is 2.57 bits per heavy atom. The lowest BCUT2D eigenvalue weighted by Crippen LogP contribution is -2.21. The Morgan fingerprint density at radius 2 is 1.93 bits per heavy atom. The van der Waals surface area contributed by atoms with E-state index in [-0.39, 0.29) is 5.91 Å². The third-order valence-corrected chi connectivity index (χ3v) is 2.06. The van der Waals surface area contributed by atoms with Crippen molar-refractivity contribution in [3.8, 4) is 0 Å². The Bertz CT molecular complexity index is 269. The van der Waals surface area contributed by atoms with E-state index >= 15 is 0 Å². The first-order valence-electron chi connectivity index (χ1n) is 4.93. The van der Waals surface area contributed by atoms with Gasteiger partial charge in [0.05, 0.1) is 0 Å². The Kier molecular flexibility index (Phi) is 4.76. The number of amides is 1. The van der Waals surface area contributed by atoms with Crippen LogP contribution in [-0.4, -0.2) is 12.5 Å². The molecule has 0 aliphatic heterocycles. The highest BCUT2D eigenvalue weighted by Gasteiger charge is 1.93. The molecule has 1 radical (unpaired) electrons. The normalized spacial score (nSPS) is 9.79. The van der Waals surface area contributed by atoms with Crippen LogP contribution in [0.2, 0.25) is 0 Å². The molecule has 0 aromatic heterocycles. The minimum Gasteiger partial charge on any atom is -0.356 e.